The number of aryl methyl sites for hydroxylation is 1. The van der Waals surface area contributed by atoms with Gasteiger partial charge in [0.25, 0.3) is 0 Å². The number of nitrogens with one attached hydrogen (secondary N) is 1. The minimum atomic E-state index is -0.386. The fourth-order valence-electron chi connectivity index (χ4n) is 4.00. The molecule has 4 aromatic rings. The van der Waals surface area contributed by atoms with Crippen molar-refractivity contribution in [3.63, 3.8) is 0 Å². The zero-order chi connectivity index (χ0) is 21.8. The minimum absolute atomic E-state index is 0.169. The normalized spacial score (nSPS) is 15.7. The summed E-state index contributed by atoms with van der Waals surface area (Å²) in [4.78, 5) is 29.8. The third kappa shape index (κ3) is 3.20. The molecular formula is C22H16ClN5O3S. The Hall–Kier alpha value is -3.17. The molecule has 8 nitrogen and oxygen atoms in total. The van der Waals surface area contributed by atoms with Gasteiger partial charge in [0.1, 0.15) is 5.58 Å². The maximum absolute atomic E-state index is 12.4. The van der Waals surface area contributed by atoms with E-state index in [2.05, 4.69) is 25.3 Å². The highest BCUT2D eigenvalue weighted by Gasteiger charge is 2.25. The van der Waals surface area contributed by atoms with Crippen LogP contribution < -0.4 is 10.1 Å². The number of thioether (sulfide) groups is 1. The van der Waals surface area contributed by atoms with Crippen LogP contribution in [-0.4, -0.2) is 38.9 Å². The second-order valence-electron chi connectivity index (χ2n) is 7.59. The molecule has 10 heteroatoms. The number of rotatable bonds is 2. The molecular weight excluding hydrogens is 450 g/mol. The van der Waals surface area contributed by atoms with Crippen molar-refractivity contribution in [2.45, 2.75) is 19.1 Å². The smallest absolute Gasteiger partial charge is 0.314 e. The van der Waals surface area contributed by atoms with Gasteiger partial charge >= 0.3 is 5.91 Å². The molecule has 0 fully saturated rings. The minimum Gasteiger partial charge on any atom is -0.449 e. The molecule has 1 N–H and O–H groups in total. The van der Waals surface area contributed by atoms with E-state index in [0.717, 1.165) is 40.0 Å². The molecule has 160 valence electrons. The van der Waals surface area contributed by atoms with Gasteiger partial charge in [-0.15, -0.1) is 0 Å². The topological polar surface area (TPSA) is 102 Å². The molecule has 2 aliphatic heterocycles. The van der Waals surface area contributed by atoms with E-state index in [4.69, 9.17) is 20.8 Å². The highest BCUT2D eigenvalue weighted by molar-refractivity contribution is 7.98. The number of hydrogen-bond donors (Lipinski definition) is 1. The van der Waals surface area contributed by atoms with Gasteiger partial charge in [-0.1, -0.05) is 0 Å². The molecule has 0 bridgehead atoms. The second-order valence-corrected chi connectivity index (χ2v) is 9.04. The van der Waals surface area contributed by atoms with Gasteiger partial charge in [-0.25, -0.2) is 15.0 Å². The number of ether oxygens (including phenoxy) is 1. The fraction of sp³-hybridized carbons (Fsp3) is 0.227. The quantitative estimate of drug-likeness (QED) is 0.411. The van der Waals surface area contributed by atoms with E-state index >= 15 is 0 Å². The van der Waals surface area contributed by atoms with Gasteiger partial charge < -0.3 is 14.5 Å². The van der Waals surface area contributed by atoms with Crippen molar-refractivity contribution < 1.29 is 13.9 Å². The summed E-state index contributed by atoms with van der Waals surface area (Å²) in [5, 5.41) is 5.09. The molecule has 0 radical (unpaired) electrons. The molecule has 32 heavy (non-hydrogen) atoms. The van der Waals surface area contributed by atoms with E-state index < -0.39 is 0 Å². The maximum Gasteiger partial charge on any atom is 0.314 e. The number of pyridine rings is 1. The lowest BCUT2D eigenvalue weighted by Crippen LogP contribution is -2.09. The van der Waals surface area contributed by atoms with E-state index in [9.17, 15) is 4.79 Å². The van der Waals surface area contributed by atoms with Gasteiger partial charge in [0, 0.05) is 28.5 Å². The van der Waals surface area contributed by atoms with Crippen LogP contribution in [0, 0.1) is 0 Å². The zero-order valence-corrected chi connectivity index (χ0v) is 18.5. The average Bonchev–Trinajstić information content (AvgIpc) is 3.10. The Kier molecular flexibility index (Phi) is 4.55. The second kappa shape index (κ2) is 7.46. The van der Waals surface area contributed by atoms with E-state index in [1.165, 1.54) is 0 Å². The number of anilines is 1. The monoisotopic (exact) mass is 465 g/mol. The Labute approximate surface area is 191 Å². The van der Waals surface area contributed by atoms with E-state index in [1.54, 1.807) is 19.1 Å². The van der Waals surface area contributed by atoms with Crippen LogP contribution in [-0.2, 0) is 12.2 Å². The lowest BCUT2D eigenvalue weighted by atomic mass is 10.1. The predicted molar refractivity (Wildman–Crippen MR) is 124 cm³/mol. The molecule has 1 amide bonds. The lowest BCUT2D eigenvalue weighted by molar-refractivity contribution is 0.0980. The number of aromatic nitrogens is 3. The highest BCUT2D eigenvalue weighted by Crippen LogP contribution is 2.39. The number of benzene rings is 1. The Morgan fingerprint density at radius 2 is 2.09 bits per heavy atom. The first-order valence-electron chi connectivity index (χ1n) is 10.1. The Bertz CT molecular complexity index is 1470. The van der Waals surface area contributed by atoms with Crippen molar-refractivity contribution in [2.75, 3.05) is 17.6 Å². The first kappa shape index (κ1) is 19.5. The molecule has 0 spiro atoms. The summed E-state index contributed by atoms with van der Waals surface area (Å²) in [6, 6.07) is 7.32. The van der Waals surface area contributed by atoms with Crippen LogP contribution in [0.5, 0.6) is 11.8 Å². The summed E-state index contributed by atoms with van der Waals surface area (Å²) in [5.41, 5.74) is 4.53. The van der Waals surface area contributed by atoms with Crippen LogP contribution in [0.4, 0.5) is 5.69 Å². The molecule has 5 heterocycles. The van der Waals surface area contributed by atoms with Gasteiger partial charge in [-0.2, -0.15) is 16.7 Å². The predicted octanol–water partition coefficient (Wildman–Crippen LogP) is 5.03. The molecule has 6 rings (SSSR count). The number of carbonyl (C=O) groups excluding carboxylic acids is 1. The first-order chi connectivity index (χ1) is 15.6. The van der Waals surface area contributed by atoms with Crippen molar-refractivity contribution >= 4 is 62.5 Å². The molecule has 2 aliphatic rings. The zero-order valence-electron chi connectivity index (χ0n) is 16.9. The third-order valence-electron chi connectivity index (χ3n) is 5.46. The van der Waals surface area contributed by atoms with E-state index in [-0.39, 0.29) is 17.0 Å². The van der Waals surface area contributed by atoms with Gasteiger partial charge in [0.15, 0.2) is 0 Å². The summed E-state index contributed by atoms with van der Waals surface area (Å²) in [5.74, 6) is 2.45. The summed E-state index contributed by atoms with van der Waals surface area (Å²) in [7, 11) is 0. The fourth-order valence-corrected chi connectivity index (χ4v) is 5.15. The average molecular weight is 466 g/mol. The standard InChI is InChI=1S/C22H16ClN5O3S/c1-10-8-24-18-17-11-2-5-16(26-13(11)3-4-15(17)30-19(18)20(29)25-10)31-21-12-9-32-7-6-14(12)27-22(23)28-21/h2-5,24H,6-9H2,1H3. The molecule has 0 atom stereocenters. The Morgan fingerprint density at radius 1 is 1.19 bits per heavy atom. The molecule has 0 saturated carbocycles. The van der Waals surface area contributed by atoms with E-state index in [1.807, 2.05) is 23.9 Å². The van der Waals surface area contributed by atoms with Crippen LogP contribution in [0.2, 0.25) is 5.28 Å². The SMILES string of the molecule is CC1=NC(=O)c2oc3ccc4nc(Oc5nc(Cl)nc6c5CSCC6)ccc4c3c2NC1. The van der Waals surface area contributed by atoms with Crippen molar-refractivity contribution in [2.24, 2.45) is 4.99 Å². The van der Waals surface area contributed by atoms with Crippen molar-refractivity contribution in [3.8, 4) is 11.8 Å². The number of hydrogen-bond acceptors (Lipinski definition) is 8. The summed E-state index contributed by atoms with van der Waals surface area (Å²) in [6.07, 6.45) is 0.836. The number of fused-ring (bicyclic) bond motifs is 6. The number of halogens is 1. The number of furan rings is 1. The summed E-state index contributed by atoms with van der Waals surface area (Å²) < 4.78 is 11.9. The van der Waals surface area contributed by atoms with Crippen molar-refractivity contribution in [1.29, 1.82) is 0 Å². The molecule has 0 saturated heterocycles. The van der Waals surface area contributed by atoms with Gasteiger partial charge in [0.05, 0.1) is 28.8 Å². The molecule has 0 aliphatic carbocycles. The van der Waals surface area contributed by atoms with Crippen LogP contribution in [0.1, 0.15) is 28.7 Å². The number of amides is 1. The highest BCUT2D eigenvalue weighted by atomic mass is 35.5. The Balaban J connectivity index is 1.44. The van der Waals surface area contributed by atoms with Gasteiger partial charge in [-0.3, -0.25) is 4.79 Å². The van der Waals surface area contributed by atoms with E-state index in [0.29, 0.717) is 40.8 Å². The van der Waals surface area contributed by atoms with Gasteiger partial charge in [0.2, 0.25) is 22.8 Å². The van der Waals surface area contributed by atoms with Crippen LogP contribution in [0.25, 0.3) is 21.9 Å². The maximum atomic E-state index is 12.4. The number of carbonyl (C=O) groups is 1. The summed E-state index contributed by atoms with van der Waals surface area (Å²) in [6.45, 7) is 2.27. The molecule has 0 unspecified atom stereocenters. The van der Waals surface area contributed by atoms with Crippen molar-refractivity contribution in [1.82, 2.24) is 15.0 Å². The third-order valence-corrected chi connectivity index (χ3v) is 6.62. The summed E-state index contributed by atoms with van der Waals surface area (Å²) >= 11 is 7.93. The molecule has 1 aromatic carbocycles. The number of nitrogens with zero attached hydrogens (tertiary/aromatic N) is 4. The molecule has 3 aromatic heterocycles. The van der Waals surface area contributed by atoms with Crippen LogP contribution in [0.3, 0.4) is 0 Å². The van der Waals surface area contributed by atoms with Gasteiger partial charge in [-0.05, 0) is 48.9 Å². The largest absolute Gasteiger partial charge is 0.449 e. The van der Waals surface area contributed by atoms with Crippen LogP contribution in [0.15, 0.2) is 33.7 Å². The van der Waals surface area contributed by atoms with Crippen molar-refractivity contribution in [3.05, 3.63) is 46.6 Å². The van der Waals surface area contributed by atoms with Crippen LogP contribution >= 0.6 is 23.4 Å². The Morgan fingerprint density at radius 3 is 3.00 bits per heavy atom. The number of aliphatic imine (C=N–C) groups is 1. The first-order valence-corrected chi connectivity index (χ1v) is 11.6. The lowest BCUT2D eigenvalue weighted by Gasteiger charge is -2.17.